The van der Waals surface area contributed by atoms with E-state index in [-0.39, 0.29) is 11.7 Å². The van der Waals surface area contributed by atoms with Gasteiger partial charge in [-0.2, -0.15) is 0 Å². The fourth-order valence-electron chi connectivity index (χ4n) is 3.47. The molecule has 0 fully saturated rings. The zero-order chi connectivity index (χ0) is 20.8. The molecule has 0 bridgehead atoms. The van der Waals surface area contributed by atoms with Crippen molar-refractivity contribution in [3.8, 4) is 0 Å². The number of hydrogen-bond donors (Lipinski definition) is 0. The van der Waals surface area contributed by atoms with E-state index in [2.05, 4.69) is 23.4 Å². The molecule has 0 saturated heterocycles. The molecule has 0 N–H and O–H groups in total. The summed E-state index contributed by atoms with van der Waals surface area (Å²) in [4.78, 5) is 24.2. The Morgan fingerprint density at radius 2 is 2.00 bits per heavy atom. The zero-order valence-corrected chi connectivity index (χ0v) is 17.5. The molecule has 0 spiro atoms. The van der Waals surface area contributed by atoms with E-state index in [0.717, 1.165) is 49.2 Å². The summed E-state index contributed by atoms with van der Waals surface area (Å²) in [7, 11) is 0. The number of benzene rings is 1. The van der Waals surface area contributed by atoms with E-state index in [4.69, 9.17) is 4.98 Å². The second-order valence-corrected chi connectivity index (χ2v) is 7.42. The van der Waals surface area contributed by atoms with Crippen molar-refractivity contribution < 1.29 is 9.18 Å². The number of carbonyl (C=O) groups is 1. The first-order valence-corrected chi connectivity index (χ1v) is 10.4. The molecule has 1 amide bonds. The number of nitrogens with zero attached hydrogens (tertiary/aromatic N) is 4. The summed E-state index contributed by atoms with van der Waals surface area (Å²) in [5.41, 5.74) is 2.58. The molecule has 29 heavy (non-hydrogen) atoms. The Morgan fingerprint density at radius 1 is 1.17 bits per heavy atom. The number of fused-ring (bicyclic) bond motifs is 1. The quantitative estimate of drug-likeness (QED) is 0.472. The van der Waals surface area contributed by atoms with E-state index in [1.807, 2.05) is 12.1 Å². The molecule has 0 radical (unpaired) electrons. The number of halogens is 1. The largest absolute Gasteiger partial charge is 0.331 e. The minimum absolute atomic E-state index is 0.164. The number of amides is 1. The van der Waals surface area contributed by atoms with E-state index < -0.39 is 0 Å². The Kier molecular flexibility index (Phi) is 6.96. The summed E-state index contributed by atoms with van der Waals surface area (Å²) in [5.74, 6) is 0.299. The molecule has 6 heteroatoms. The first-order valence-electron chi connectivity index (χ1n) is 10.4. The molecule has 2 heterocycles. The van der Waals surface area contributed by atoms with Crippen LogP contribution in [0.1, 0.15) is 61.3 Å². The minimum Gasteiger partial charge on any atom is -0.331 e. The van der Waals surface area contributed by atoms with Crippen LogP contribution in [0.25, 0.3) is 11.2 Å². The number of rotatable bonds is 9. The van der Waals surface area contributed by atoms with Crippen LogP contribution in [0.4, 0.5) is 4.39 Å². The van der Waals surface area contributed by atoms with Gasteiger partial charge in [0.15, 0.2) is 5.65 Å². The lowest BCUT2D eigenvalue weighted by molar-refractivity contribution is 0.0733. The number of pyridine rings is 1. The van der Waals surface area contributed by atoms with E-state index in [1.54, 1.807) is 30.2 Å². The van der Waals surface area contributed by atoms with Crippen molar-refractivity contribution >= 4 is 17.1 Å². The summed E-state index contributed by atoms with van der Waals surface area (Å²) < 4.78 is 16.1. The van der Waals surface area contributed by atoms with Crippen LogP contribution in [0.15, 0.2) is 36.5 Å². The van der Waals surface area contributed by atoms with Crippen molar-refractivity contribution in [3.05, 3.63) is 59.3 Å². The van der Waals surface area contributed by atoms with Gasteiger partial charge in [-0.1, -0.05) is 32.8 Å². The van der Waals surface area contributed by atoms with E-state index in [9.17, 15) is 9.18 Å². The van der Waals surface area contributed by atoms with E-state index in [1.165, 1.54) is 6.07 Å². The summed E-state index contributed by atoms with van der Waals surface area (Å²) in [5, 5.41) is 0. The van der Waals surface area contributed by atoms with Crippen molar-refractivity contribution in [2.24, 2.45) is 0 Å². The van der Waals surface area contributed by atoms with Gasteiger partial charge in [-0.15, -0.1) is 0 Å². The normalized spacial score (nSPS) is 11.2. The van der Waals surface area contributed by atoms with Gasteiger partial charge in [-0.05, 0) is 49.6 Å². The molecule has 3 aromatic rings. The summed E-state index contributed by atoms with van der Waals surface area (Å²) in [6.07, 6.45) is 5.72. The molecule has 0 aliphatic heterocycles. The highest BCUT2D eigenvalue weighted by atomic mass is 19.1. The monoisotopic (exact) mass is 396 g/mol. The number of unbranched alkanes of at least 4 members (excludes halogenated alkanes) is 2. The van der Waals surface area contributed by atoms with Crippen molar-refractivity contribution in [1.82, 2.24) is 19.4 Å². The SMILES string of the molecule is CCCCCN(Cc1nc2cccnc2n1CCC)C(=O)c1ccc(C)c(F)c1. The van der Waals surface area contributed by atoms with Crippen LogP contribution >= 0.6 is 0 Å². The average molecular weight is 397 g/mol. The van der Waals surface area contributed by atoms with Crippen molar-refractivity contribution in [1.29, 1.82) is 0 Å². The third-order valence-electron chi connectivity index (χ3n) is 5.10. The maximum atomic E-state index is 14.0. The highest BCUT2D eigenvalue weighted by molar-refractivity contribution is 5.94. The Bertz CT molecular complexity index is 982. The van der Waals surface area contributed by atoms with Gasteiger partial charge in [0.25, 0.3) is 5.91 Å². The lowest BCUT2D eigenvalue weighted by Gasteiger charge is -2.23. The first kappa shape index (κ1) is 21.0. The van der Waals surface area contributed by atoms with Crippen LogP contribution in [0.5, 0.6) is 0 Å². The number of aryl methyl sites for hydroxylation is 2. The Balaban J connectivity index is 1.93. The Labute approximate surface area is 171 Å². The van der Waals surface area contributed by atoms with Gasteiger partial charge < -0.3 is 9.47 Å². The molecule has 0 aliphatic carbocycles. The molecule has 154 valence electrons. The maximum Gasteiger partial charge on any atom is 0.254 e. The third-order valence-corrected chi connectivity index (χ3v) is 5.10. The summed E-state index contributed by atoms with van der Waals surface area (Å²) in [6.45, 7) is 7.73. The van der Waals surface area contributed by atoms with Crippen LogP contribution in [-0.4, -0.2) is 31.9 Å². The molecular formula is C23H29FN4O. The van der Waals surface area contributed by atoms with Crippen molar-refractivity contribution in [3.63, 3.8) is 0 Å². The van der Waals surface area contributed by atoms with E-state index >= 15 is 0 Å². The fraction of sp³-hybridized carbons (Fsp3) is 0.435. The van der Waals surface area contributed by atoms with E-state index in [0.29, 0.717) is 24.2 Å². The second kappa shape index (κ2) is 9.63. The second-order valence-electron chi connectivity index (χ2n) is 7.42. The number of carbonyl (C=O) groups excluding carboxylic acids is 1. The van der Waals surface area contributed by atoms with Crippen LogP contribution in [0.3, 0.4) is 0 Å². The molecule has 0 atom stereocenters. The van der Waals surface area contributed by atoms with Gasteiger partial charge >= 0.3 is 0 Å². The van der Waals surface area contributed by atoms with Gasteiger partial charge in [0.05, 0.1) is 6.54 Å². The smallest absolute Gasteiger partial charge is 0.254 e. The molecule has 0 aliphatic rings. The minimum atomic E-state index is -0.355. The van der Waals surface area contributed by atoms with Crippen LogP contribution in [0, 0.1) is 12.7 Å². The predicted molar refractivity (Wildman–Crippen MR) is 113 cm³/mol. The average Bonchev–Trinajstić information content (AvgIpc) is 3.06. The highest BCUT2D eigenvalue weighted by Gasteiger charge is 2.20. The third kappa shape index (κ3) is 4.81. The lowest BCUT2D eigenvalue weighted by atomic mass is 10.1. The zero-order valence-electron chi connectivity index (χ0n) is 17.5. The molecule has 1 aromatic carbocycles. The summed E-state index contributed by atoms with van der Waals surface area (Å²) >= 11 is 0. The van der Waals surface area contributed by atoms with Crippen LogP contribution in [0.2, 0.25) is 0 Å². The lowest BCUT2D eigenvalue weighted by Crippen LogP contribution is -2.33. The van der Waals surface area contributed by atoms with Crippen LogP contribution < -0.4 is 0 Å². The Hall–Kier alpha value is -2.76. The fourth-order valence-corrected chi connectivity index (χ4v) is 3.47. The van der Waals surface area contributed by atoms with Gasteiger partial charge in [0.2, 0.25) is 0 Å². The number of imidazole rings is 1. The predicted octanol–water partition coefficient (Wildman–Crippen LogP) is 5.12. The van der Waals surface area contributed by atoms with Gasteiger partial charge in [0.1, 0.15) is 17.2 Å². The van der Waals surface area contributed by atoms with Gasteiger partial charge in [0, 0.05) is 24.8 Å². The molecule has 0 unspecified atom stereocenters. The first-order chi connectivity index (χ1) is 14.0. The van der Waals surface area contributed by atoms with Gasteiger partial charge in [-0.3, -0.25) is 4.79 Å². The topological polar surface area (TPSA) is 51.0 Å². The molecule has 5 nitrogen and oxygen atoms in total. The standard InChI is InChI=1S/C23H29FN4O/c1-4-6-7-14-27(23(29)18-11-10-17(3)19(24)15-18)16-21-26-20-9-8-12-25-22(20)28(21)13-5-2/h8-12,15H,4-7,13-14,16H2,1-3H3. The molecule has 2 aromatic heterocycles. The van der Waals surface area contributed by atoms with Crippen molar-refractivity contribution in [2.75, 3.05) is 6.54 Å². The van der Waals surface area contributed by atoms with Crippen molar-refractivity contribution in [2.45, 2.75) is 59.5 Å². The number of hydrogen-bond acceptors (Lipinski definition) is 3. The maximum absolute atomic E-state index is 14.0. The van der Waals surface area contributed by atoms with Gasteiger partial charge in [-0.25, -0.2) is 14.4 Å². The highest BCUT2D eigenvalue weighted by Crippen LogP contribution is 2.19. The summed E-state index contributed by atoms with van der Waals surface area (Å²) in [6, 6.07) is 8.50. The Morgan fingerprint density at radius 3 is 2.72 bits per heavy atom. The number of aromatic nitrogens is 3. The molecule has 3 rings (SSSR count). The van der Waals surface area contributed by atoms with Crippen LogP contribution in [-0.2, 0) is 13.1 Å². The molecular weight excluding hydrogens is 367 g/mol. The molecule has 0 saturated carbocycles.